The minimum atomic E-state index is -0.599. The van der Waals surface area contributed by atoms with E-state index in [1.807, 2.05) is 146 Å². The molecule has 0 aliphatic heterocycles. The second-order valence-corrected chi connectivity index (χ2v) is 22.1. The normalized spacial score (nSPS) is 11.9. The van der Waals surface area contributed by atoms with Crippen molar-refractivity contribution < 1.29 is 28.4 Å². The summed E-state index contributed by atoms with van der Waals surface area (Å²) in [6.07, 6.45) is 0. The van der Waals surface area contributed by atoms with E-state index in [2.05, 4.69) is 142 Å². The molecule has 0 aliphatic rings. The third-order valence-corrected chi connectivity index (χ3v) is 13.3. The van der Waals surface area contributed by atoms with Crippen LogP contribution in [-0.4, -0.2) is 0 Å². The second kappa shape index (κ2) is 21.1. The Kier molecular flexibility index (Phi) is 14.5. The van der Waals surface area contributed by atoms with Gasteiger partial charge in [-0.3, -0.25) is 0 Å². The van der Waals surface area contributed by atoms with Crippen LogP contribution in [0.25, 0.3) is 0 Å². The number of hydrogen-bond donors (Lipinski definition) is 0. The Balaban J connectivity index is 0.945. The summed E-state index contributed by atoms with van der Waals surface area (Å²) >= 11 is 0. The molecule has 6 heteroatoms. The third kappa shape index (κ3) is 12.5. The van der Waals surface area contributed by atoms with Gasteiger partial charge in [-0.1, -0.05) is 153 Å². The quantitative estimate of drug-likeness (QED) is 0.0954. The van der Waals surface area contributed by atoms with E-state index in [4.69, 9.17) is 28.4 Å². The lowest BCUT2D eigenvalue weighted by Crippen LogP contribution is -2.25. The molecule has 0 atom stereocenters. The fourth-order valence-electron chi connectivity index (χ4n) is 8.76. The first-order chi connectivity index (χ1) is 35.3. The molecule has 0 fully saturated rings. The van der Waals surface area contributed by atoms with E-state index in [1.54, 1.807) is 0 Å². The van der Waals surface area contributed by atoms with Crippen molar-refractivity contribution in [3.63, 3.8) is 0 Å². The number of hydrogen-bond acceptors (Lipinski definition) is 6. The van der Waals surface area contributed by atoms with Gasteiger partial charge in [0.25, 0.3) is 0 Å². The Labute approximate surface area is 438 Å². The number of ether oxygens (including phenoxy) is 6. The van der Waals surface area contributed by atoms with Crippen LogP contribution in [0.1, 0.15) is 103 Å². The van der Waals surface area contributed by atoms with Gasteiger partial charge >= 0.3 is 0 Å². The Hall–Kier alpha value is -8.22. The van der Waals surface area contributed by atoms with Crippen LogP contribution in [0.5, 0.6) is 69.0 Å². The van der Waals surface area contributed by atoms with Gasteiger partial charge in [0.1, 0.15) is 69.0 Å². The molecule has 0 N–H and O–H groups in total. The Morgan fingerprint density at radius 2 is 0.351 bits per heavy atom. The van der Waals surface area contributed by atoms with Crippen molar-refractivity contribution in [3.8, 4) is 69.0 Å². The second-order valence-electron chi connectivity index (χ2n) is 22.1. The smallest absolute Gasteiger partial charge is 0.131 e. The van der Waals surface area contributed by atoms with E-state index < -0.39 is 5.41 Å². The molecule has 0 amide bonds. The Morgan fingerprint density at radius 3 is 0.514 bits per heavy atom. The van der Waals surface area contributed by atoms with E-state index >= 15 is 0 Å². The lowest BCUT2D eigenvalue weighted by molar-refractivity contribution is 0.459. The fraction of sp³-hybridized carbons (Fsp3) is 0.206. The highest BCUT2D eigenvalue weighted by molar-refractivity contribution is 5.54. The van der Waals surface area contributed by atoms with Crippen molar-refractivity contribution in [1.29, 1.82) is 0 Å². The summed E-state index contributed by atoms with van der Waals surface area (Å²) < 4.78 is 38.0. The minimum absolute atomic E-state index is 0.0643. The van der Waals surface area contributed by atoms with Gasteiger partial charge in [-0.05, 0) is 166 Å². The molecule has 0 spiro atoms. The molecule has 0 heterocycles. The summed E-state index contributed by atoms with van der Waals surface area (Å²) in [7, 11) is 0. The molecule has 374 valence electrons. The van der Waals surface area contributed by atoms with Gasteiger partial charge in [-0.15, -0.1) is 0 Å². The summed E-state index contributed by atoms with van der Waals surface area (Å²) in [5.74, 6) is 8.54. The highest BCUT2D eigenvalue weighted by Gasteiger charge is 2.32. The van der Waals surface area contributed by atoms with Crippen LogP contribution in [0.15, 0.2) is 218 Å². The molecule has 0 bridgehead atoms. The topological polar surface area (TPSA) is 55.4 Å². The number of rotatable bonds is 15. The van der Waals surface area contributed by atoms with Gasteiger partial charge in [0.2, 0.25) is 0 Å². The van der Waals surface area contributed by atoms with Crippen LogP contribution in [0.3, 0.4) is 0 Å². The van der Waals surface area contributed by atoms with Crippen molar-refractivity contribution in [2.45, 2.75) is 90.9 Å². The zero-order valence-corrected chi connectivity index (χ0v) is 44.2. The molecule has 9 rings (SSSR count). The van der Waals surface area contributed by atoms with Crippen molar-refractivity contribution in [2.24, 2.45) is 0 Å². The monoisotopic (exact) mass is 978 g/mol. The van der Waals surface area contributed by atoms with E-state index in [1.165, 1.54) is 16.7 Å². The molecule has 6 nitrogen and oxygen atoms in total. The van der Waals surface area contributed by atoms with E-state index in [9.17, 15) is 0 Å². The Bertz CT molecular complexity index is 2930. The zero-order valence-electron chi connectivity index (χ0n) is 44.2. The summed E-state index contributed by atoms with van der Waals surface area (Å²) in [5.41, 5.74) is 6.57. The van der Waals surface area contributed by atoms with Crippen molar-refractivity contribution in [2.75, 3.05) is 0 Å². The van der Waals surface area contributed by atoms with Crippen LogP contribution in [0.2, 0.25) is 0 Å². The average molecular weight is 979 g/mol. The lowest BCUT2D eigenvalue weighted by atomic mass is 9.71. The maximum absolute atomic E-state index is 6.43. The van der Waals surface area contributed by atoms with Gasteiger partial charge in [0, 0.05) is 23.6 Å². The first-order valence-corrected chi connectivity index (χ1v) is 25.3. The van der Waals surface area contributed by atoms with Crippen LogP contribution in [0.4, 0.5) is 0 Å². The maximum Gasteiger partial charge on any atom is 0.131 e. The summed E-state index contributed by atoms with van der Waals surface area (Å²) in [6, 6.07) is 72.8. The van der Waals surface area contributed by atoms with Crippen LogP contribution >= 0.6 is 0 Å². The van der Waals surface area contributed by atoms with Gasteiger partial charge < -0.3 is 28.4 Å². The maximum atomic E-state index is 6.43. The molecule has 9 aromatic carbocycles. The predicted molar refractivity (Wildman–Crippen MR) is 300 cm³/mol. The SMILES string of the molecule is CC(C)(C)c1ccc(Oc2cccc(Oc3ccc(C(C)(c4ccc(Oc5cccc(Oc6ccc(C(C)(C)C)cc6)c5)cc4)c4ccc(Oc5cccc(Oc6ccc(C(C)(C)C)cc6)c5)cc4)cc3)c2)cc1. The highest BCUT2D eigenvalue weighted by Crippen LogP contribution is 2.42. The van der Waals surface area contributed by atoms with Crippen molar-refractivity contribution >= 4 is 0 Å². The summed E-state index contributed by atoms with van der Waals surface area (Å²) in [6.45, 7) is 22.1. The summed E-state index contributed by atoms with van der Waals surface area (Å²) in [4.78, 5) is 0. The molecule has 0 aliphatic carbocycles. The molecule has 0 radical (unpaired) electrons. The van der Waals surface area contributed by atoms with Crippen LogP contribution < -0.4 is 28.4 Å². The highest BCUT2D eigenvalue weighted by atomic mass is 16.5. The van der Waals surface area contributed by atoms with E-state index in [-0.39, 0.29) is 16.2 Å². The van der Waals surface area contributed by atoms with Crippen molar-refractivity contribution in [1.82, 2.24) is 0 Å². The van der Waals surface area contributed by atoms with Gasteiger partial charge in [0.05, 0.1) is 0 Å². The molecule has 0 saturated heterocycles. The number of benzene rings is 9. The van der Waals surface area contributed by atoms with Gasteiger partial charge in [-0.25, -0.2) is 0 Å². The van der Waals surface area contributed by atoms with Crippen LogP contribution in [-0.2, 0) is 21.7 Å². The third-order valence-electron chi connectivity index (χ3n) is 13.3. The first kappa shape index (κ1) is 50.7. The molecule has 74 heavy (non-hydrogen) atoms. The molecule has 0 unspecified atom stereocenters. The van der Waals surface area contributed by atoms with Crippen LogP contribution in [0, 0.1) is 0 Å². The lowest BCUT2D eigenvalue weighted by Gasteiger charge is -2.32. The molecular formula is C68H66O6. The molecule has 9 aromatic rings. The van der Waals surface area contributed by atoms with Crippen molar-refractivity contribution in [3.05, 3.63) is 252 Å². The largest absolute Gasteiger partial charge is 0.457 e. The Morgan fingerprint density at radius 1 is 0.189 bits per heavy atom. The zero-order chi connectivity index (χ0) is 52.1. The minimum Gasteiger partial charge on any atom is -0.457 e. The van der Waals surface area contributed by atoms with E-state index in [0.29, 0.717) is 51.7 Å². The standard InChI is InChI=1S/C68H66O6/c1-65(2,3)47-20-32-53(33-21-47)69-59-14-11-17-62(44-59)72-56-38-26-50(27-39-56)68(10,51-28-40-57(41-29-51)73-63-18-12-15-60(45-63)70-54-34-22-48(23-35-54)66(4,5)6)52-30-42-58(43-31-52)74-64-19-13-16-61(46-64)71-55-36-24-49(25-37-55)67(7,8)9/h11-46H,1-10H3. The van der Waals surface area contributed by atoms with Gasteiger partial charge in [0.15, 0.2) is 0 Å². The molecular weight excluding hydrogens is 913 g/mol. The summed E-state index contributed by atoms with van der Waals surface area (Å²) in [5, 5.41) is 0. The molecule has 0 aromatic heterocycles. The van der Waals surface area contributed by atoms with E-state index in [0.717, 1.165) is 33.9 Å². The first-order valence-electron chi connectivity index (χ1n) is 25.3. The average Bonchev–Trinajstić information content (AvgIpc) is 3.37. The van der Waals surface area contributed by atoms with Gasteiger partial charge in [-0.2, -0.15) is 0 Å². The predicted octanol–water partition coefficient (Wildman–Crippen LogP) is 19.7. The molecule has 0 saturated carbocycles. The fourth-order valence-corrected chi connectivity index (χ4v) is 8.76.